The highest BCUT2D eigenvalue weighted by Gasteiger charge is 2.19. The van der Waals surface area contributed by atoms with Crippen LogP contribution in [0, 0.1) is 0 Å². The molecule has 0 heterocycles. The molecular weight excluding hydrogens is 961 g/mol. The van der Waals surface area contributed by atoms with Gasteiger partial charge < -0.3 is 14.2 Å². The fraction of sp³-hybridized carbons (Fsp3) is 0.653. The van der Waals surface area contributed by atoms with Crippen molar-refractivity contribution in [3.8, 4) is 0 Å². The summed E-state index contributed by atoms with van der Waals surface area (Å²) in [6, 6.07) is 0. The third kappa shape index (κ3) is 62.4. The van der Waals surface area contributed by atoms with E-state index in [4.69, 9.17) is 14.2 Å². The molecule has 0 aliphatic carbocycles. The normalized spacial score (nSPS) is 13.0. The summed E-state index contributed by atoms with van der Waals surface area (Å²) in [6.07, 6.45) is 92.0. The van der Waals surface area contributed by atoms with Crippen molar-refractivity contribution >= 4 is 17.9 Å². The van der Waals surface area contributed by atoms with E-state index in [1.165, 1.54) is 128 Å². The first-order chi connectivity index (χ1) is 38.5. The number of allylic oxidation sites excluding steroid dienone is 21. The van der Waals surface area contributed by atoms with Gasteiger partial charge in [-0.25, -0.2) is 0 Å². The third-order valence-electron chi connectivity index (χ3n) is 13.4. The summed E-state index contributed by atoms with van der Waals surface area (Å²) in [7, 11) is 0. The molecule has 0 radical (unpaired) electrons. The van der Waals surface area contributed by atoms with Gasteiger partial charge >= 0.3 is 17.9 Å². The molecular formula is C72H118O6. The Morgan fingerprint density at radius 2 is 0.551 bits per heavy atom. The Kier molecular flexibility index (Phi) is 61.4. The maximum absolute atomic E-state index is 12.9. The molecule has 0 saturated heterocycles. The second-order valence-electron chi connectivity index (χ2n) is 20.9. The van der Waals surface area contributed by atoms with Gasteiger partial charge in [0, 0.05) is 12.8 Å². The molecule has 0 aliphatic rings. The van der Waals surface area contributed by atoms with Gasteiger partial charge in [0.1, 0.15) is 13.2 Å². The van der Waals surface area contributed by atoms with Crippen LogP contribution in [0.25, 0.3) is 0 Å². The summed E-state index contributed by atoms with van der Waals surface area (Å²) < 4.78 is 16.8. The minimum absolute atomic E-state index is 0.114. The lowest BCUT2D eigenvalue weighted by Gasteiger charge is -2.18. The SMILES string of the molecule is CC/C=C\C/C=C\C/C=C\C/C=C\C/C=C\CCCCCCCCCCCCCCCC(=O)OCC(COC(=O)C/C=C\C/C=C\C/C=C\C/C=C\C/C=C\CC)OC(=O)CCCCCCC/C=C\CCCCCCCCC. The number of carbonyl (C=O) groups excluding carboxylic acids is 3. The summed E-state index contributed by atoms with van der Waals surface area (Å²) in [5.41, 5.74) is 0. The fourth-order valence-corrected chi connectivity index (χ4v) is 8.66. The predicted octanol–water partition coefficient (Wildman–Crippen LogP) is 22.2. The van der Waals surface area contributed by atoms with Crippen LogP contribution in [0.3, 0.4) is 0 Å². The first-order valence-electron chi connectivity index (χ1n) is 32.2. The van der Waals surface area contributed by atoms with Crippen LogP contribution < -0.4 is 0 Å². The zero-order chi connectivity index (χ0) is 56.4. The van der Waals surface area contributed by atoms with E-state index >= 15 is 0 Å². The number of esters is 3. The van der Waals surface area contributed by atoms with Crippen LogP contribution in [-0.2, 0) is 28.6 Å². The molecule has 0 spiro atoms. The minimum Gasteiger partial charge on any atom is -0.462 e. The van der Waals surface area contributed by atoms with Gasteiger partial charge in [-0.1, -0.05) is 283 Å². The largest absolute Gasteiger partial charge is 0.462 e. The number of ether oxygens (including phenoxy) is 3. The van der Waals surface area contributed by atoms with Crippen molar-refractivity contribution in [3.05, 3.63) is 134 Å². The molecule has 1 atom stereocenters. The number of hydrogen-bond donors (Lipinski definition) is 0. The van der Waals surface area contributed by atoms with Crippen LogP contribution in [0.5, 0.6) is 0 Å². The second kappa shape index (κ2) is 65.1. The van der Waals surface area contributed by atoms with Crippen LogP contribution in [0.4, 0.5) is 0 Å². The Morgan fingerprint density at radius 3 is 0.910 bits per heavy atom. The van der Waals surface area contributed by atoms with Crippen molar-refractivity contribution < 1.29 is 28.6 Å². The lowest BCUT2D eigenvalue weighted by Crippen LogP contribution is -2.30. The number of hydrogen-bond acceptors (Lipinski definition) is 6. The molecule has 0 aromatic rings. The molecule has 0 saturated carbocycles. The fourth-order valence-electron chi connectivity index (χ4n) is 8.66. The van der Waals surface area contributed by atoms with Gasteiger partial charge in [0.15, 0.2) is 6.10 Å². The van der Waals surface area contributed by atoms with Crippen molar-refractivity contribution in [2.75, 3.05) is 13.2 Å². The molecule has 0 rings (SSSR count). The summed E-state index contributed by atoms with van der Waals surface area (Å²) in [5.74, 6) is -1.05. The standard InChI is InChI=1S/C72H118O6/c1-4-7-10-13-16-19-22-25-28-30-31-32-33-34-35-36-37-38-39-40-41-42-45-47-50-53-56-59-62-65-71(74)77-68-69(67-76-70(73)64-61-58-55-52-49-46-43-27-24-21-18-15-12-9-6-3)78-72(75)66-63-60-57-54-51-48-44-29-26-23-20-17-14-11-8-5-2/h7,9-10,12,16,18-19,21,25,27-29,31-32,34-35,43-44,49,52,58,61,69H,4-6,8,11,13-15,17,20,22-24,26,30,33,36-42,45-48,50-51,53-57,59-60,62-68H2,1-3H3/b10-7-,12-9-,19-16-,21-18-,28-25-,32-31-,35-34-,43-27-,44-29-,52-49-,61-58-. The lowest BCUT2D eigenvalue weighted by molar-refractivity contribution is -0.166. The zero-order valence-electron chi connectivity index (χ0n) is 50.6. The molecule has 442 valence electrons. The van der Waals surface area contributed by atoms with E-state index < -0.39 is 12.1 Å². The summed E-state index contributed by atoms with van der Waals surface area (Å²) in [6.45, 7) is 6.32. The van der Waals surface area contributed by atoms with Crippen LogP contribution >= 0.6 is 0 Å². The van der Waals surface area contributed by atoms with Crippen LogP contribution in [0.15, 0.2) is 134 Å². The summed E-state index contributed by atoms with van der Waals surface area (Å²) in [4.78, 5) is 38.2. The Hall–Kier alpha value is -4.45. The van der Waals surface area contributed by atoms with E-state index in [-0.39, 0.29) is 31.6 Å². The Balaban J connectivity index is 4.36. The van der Waals surface area contributed by atoms with E-state index in [1.807, 2.05) is 6.08 Å². The first kappa shape index (κ1) is 73.5. The Morgan fingerprint density at radius 1 is 0.282 bits per heavy atom. The van der Waals surface area contributed by atoms with Gasteiger partial charge in [0.2, 0.25) is 0 Å². The van der Waals surface area contributed by atoms with Gasteiger partial charge in [0.05, 0.1) is 6.42 Å². The van der Waals surface area contributed by atoms with Crippen LogP contribution in [-0.4, -0.2) is 37.2 Å². The number of rotatable bonds is 57. The van der Waals surface area contributed by atoms with Crippen LogP contribution in [0.2, 0.25) is 0 Å². The first-order valence-corrected chi connectivity index (χ1v) is 32.2. The van der Waals surface area contributed by atoms with E-state index in [0.717, 1.165) is 116 Å². The topological polar surface area (TPSA) is 78.9 Å². The van der Waals surface area contributed by atoms with Crippen molar-refractivity contribution in [2.24, 2.45) is 0 Å². The highest BCUT2D eigenvalue weighted by molar-refractivity contribution is 5.72. The highest BCUT2D eigenvalue weighted by atomic mass is 16.6. The van der Waals surface area contributed by atoms with Gasteiger partial charge in [-0.15, -0.1) is 0 Å². The van der Waals surface area contributed by atoms with E-state index in [2.05, 4.69) is 142 Å². The average molecular weight is 1080 g/mol. The summed E-state index contributed by atoms with van der Waals surface area (Å²) in [5, 5.41) is 0. The van der Waals surface area contributed by atoms with E-state index in [0.29, 0.717) is 12.8 Å². The Labute approximate surface area is 481 Å². The maximum atomic E-state index is 12.9. The average Bonchev–Trinajstić information content (AvgIpc) is 3.44. The molecule has 0 fully saturated rings. The van der Waals surface area contributed by atoms with Crippen molar-refractivity contribution in [3.63, 3.8) is 0 Å². The molecule has 78 heavy (non-hydrogen) atoms. The maximum Gasteiger partial charge on any atom is 0.309 e. The van der Waals surface area contributed by atoms with Gasteiger partial charge in [-0.05, 0) is 116 Å². The van der Waals surface area contributed by atoms with Gasteiger partial charge in [-0.3, -0.25) is 14.4 Å². The molecule has 0 amide bonds. The van der Waals surface area contributed by atoms with E-state index in [9.17, 15) is 14.4 Å². The monoisotopic (exact) mass is 1080 g/mol. The Bertz CT molecular complexity index is 1670. The van der Waals surface area contributed by atoms with E-state index in [1.54, 1.807) is 6.08 Å². The smallest absolute Gasteiger partial charge is 0.309 e. The summed E-state index contributed by atoms with van der Waals surface area (Å²) >= 11 is 0. The quantitative estimate of drug-likeness (QED) is 0.0261. The molecule has 0 aromatic heterocycles. The molecule has 6 nitrogen and oxygen atoms in total. The molecule has 0 bridgehead atoms. The molecule has 0 aromatic carbocycles. The minimum atomic E-state index is -0.827. The molecule has 6 heteroatoms. The lowest BCUT2D eigenvalue weighted by atomic mass is 10.0. The van der Waals surface area contributed by atoms with Gasteiger partial charge in [0.25, 0.3) is 0 Å². The number of unbranched alkanes of at least 4 members (excludes halogenated alkanes) is 25. The number of carbonyl (C=O) groups is 3. The van der Waals surface area contributed by atoms with Crippen molar-refractivity contribution in [1.82, 2.24) is 0 Å². The highest BCUT2D eigenvalue weighted by Crippen LogP contribution is 2.16. The van der Waals surface area contributed by atoms with Crippen molar-refractivity contribution in [2.45, 2.75) is 290 Å². The van der Waals surface area contributed by atoms with Crippen molar-refractivity contribution in [1.29, 1.82) is 0 Å². The molecule has 0 N–H and O–H groups in total. The van der Waals surface area contributed by atoms with Crippen LogP contribution in [0.1, 0.15) is 284 Å². The molecule has 0 aliphatic heterocycles. The second-order valence-corrected chi connectivity index (χ2v) is 20.9. The molecule has 1 unspecified atom stereocenters. The third-order valence-corrected chi connectivity index (χ3v) is 13.4. The van der Waals surface area contributed by atoms with Gasteiger partial charge in [-0.2, -0.15) is 0 Å². The zero-order valence-corrected chi connectivity index (χ0v) is 50.6. The predicted molar refractivity (Wildman–Crippen MR) is 339 cm³/mol.